The smallest absolute Gasteiger partial charge is 0.246 e. The molecule has 0 saturated carbocycles. The van der Waals surface area contributed by atoms with Crippen molar-refractivity contribution in [1.29, 1.82) is 0 Å². The summed E-state index contributed by atoms with van der Waals surface area (Å²) < 4.78 is 0. The van der Waals surface area contributed by atoms with Crippen LogP contribution >= 0.6 is 24.2 Å². The highest BCUT2D eigenvalue weighted by atomic mass is 35.5. The average molecular weight is 336 g/mol. The highest BCUT2D eigenvalue weighted by Crippen LogP contribution is 2.27. The van der Waals surface area contributed by atoms with Gasteiger partial charge in [0.15, 0.2) is 0 Å². The minimum Gasteiger partial charge on any atom is -0.338 e. The largest absolute Gasteiger partial charge is 0.338 e. The van der Waals surface area contributed by atoms with Crippen molar-refractivity contribution in [2.75, 3.05) is 37.8 Å². The molecule has 2 saturated heterocycles. The molecule has 2 fully saturated rings. The monoisotopic (exact) mass is 335 g/mol. The Balaban J connectivity index is 0.00000220. The maximum atomic E-state index is 12.6. The summed E-state index contributed by atoms with van der Waals surface area (Å²) in [4.78, 5) is 28.6. The van der Waals surface area contributed by atoms with E-state index in [4.69, 9.17) is 0 Å². The van der Waals surface area contributed by atoms with E-state index < -0.39 is 0 Å². The first-order valence-electron chi connectivity index (χ1n) is 7.25. The summed E-state index contributed by atoms with van der Waals surface area (Å²) >= 11 is 1.68. The zero-order valence-electron chi connectivity index (χ0n) is 13.1. The van der Waals surface area contributed by atoms with Gasteiger partial charge in [0.1, 0.15) is 6.04 Å². The van der Waals surface area contributed by atoms with Crippen molar-refractivity contribution in [2.24, 2.45) is 5.41 Å². The van der Waals surface area contributed by atoms with E-state index in [1.165, 1.54) is 0 Å². The molecule has 2 amide bonds. The van der Waals surface area contributed by atoms with Crippen LogP contribution in [0.5, 0.6) is 0 Å². The summed E-state index contributed by atoms with van der Waals surface area (Å²) in [5.41, 5.74) is -0.0347. The Morgan fingerprint density at radius 2 is 1.86 bits per heavy atom. The number of halogens is 1. The number of thioether (sulfide) groups is 1. The lowest BCUT2D eigenvalue weighted by Crippen LogP contribution is -2.54. The molecule has 1 unspecified atom stereocenters. The van der Waals surface area contributed by atoms with Gasteiger partial charge in [-0.2, -0.15) is 0 Å². The van der Waals surface area contributed by atoms with Crippen molar-refractivity contribution in [3.05, 3.63) is 0 Å². The Morgan fingerprint density at radius 1 is 1.24 bits per heavy atom. The number of nitrogens with one attached hydrogen (secondary N) is 1. The summed E-state index contributed by atoms with van der Waals surface area (Å²) in [5, 5.41) is 3.25. The van der Waals surface area contributed by atoms with E-state index in [0.29, 0.717) is 12.3 Å². The fraction of sp³-hybridized carbons (Fsp3) is 0.857. The maximum Gasteiger partial charge on any atom is 0.246 e. The summed E-state index contributed by atoms with van der Waals surface area (Å²) in [6, 6.07) is -0.257. The lowest BCUT2D eigenvalue weighted by atomic mass is 9.91. The number of hydrogen-bond acceptors (Lipinski definition) is 4. The summed E-state index contributed by atoms with van der Waals surface area (Å²) in [6.07, 6.45) is 0.499. The lowest BCUT2D eigenvalue weighted by Gasteiger charge is -2.33. The number of carbonyl (C=O) groups excluding carboxylic acids is 2. The molecule has 2 heterocycles. The second-order valence-corrected chi connectivity index (χ2v) is 7.69. The predicted molar refractivity (Wildman–Crippen MR) is 88.7 cm³/mol. The molecule has 0 aromatic carbocycles. The Labute approximate surface area is 137 Å². The predicted octanol–water partition coefficient (Wildman–Crippen LogP) is 1.18. The van der Waals surface area contributed by atoms with Crippen LogP contribution in [0.1, 0.15) is 27.2 Å². The topological polar surface area (TPSA) is 52.7 Å². The number of carbonyl (C=O) groups is 2. The zero-order chi connectivity index (χ0) is 14.8. The van der Waals surface area contributed by atoms with Crippen molar-refractivity contribution < 1.29 is 9.59 Å². The van der Waals surface area contributed by atoms with Crippen LogP contribution in [0.3, 0.4) is 0 Å². The second-order valence-electron chi connectivity index (χ2n) is 6.69. The first kappa shape index (κ1) is 18.6. The van der Waals surface area contributed by atoms with Crippen LogP contribution in [0, 0.1) is 5.41 Å². The zero-order valence-corrected chi connectivity index (χ0v) is 14.7. The van der Waals surface area contributed by atoms with Gasteiger partial charge in [0.2, 0.25) is 11.8 Å². The van der Waals surface area contributed by atoms with Gasteiger partial charge in [0, 0.05) is 38.4 Å². The third kappa shape index (κ3) is 5.04. The first-order valence-corrected chi connectivity index (χ1v) is 8.41. The van der Waals surface area contributed by atoms with Gasteiger partial charge in [0.25, 0.3) is 0 Å². The Morgan fingerprint density at radius 3 is 2.43 bits per heavy atom. The lowest BCUT2D eigenvalue weighted by molar-refractivity contribution is -0.144. The third-order valence-electron chi connectivity index (χ3n) is 3.60. The molecule has 0 radical (unpaired) electrons. The van der Waals surface area contributed by atoms with Crippen LogP contribution in [-0.4, -0.2) is 65.5 Å². The van der Waals surface area contributed by atoms with Crippen LogP contribution in [0.25, 0.3) is 0 Å². The van der Waals surface area contributed by atoms with E-state index in [0.717, 1.165) is 31.9 Å². The molecule has 0 aromatic heterocycles. The first-order chi connectivity index (χ1) is 9.38. The number of nitrogens with zero attached hydrogens (tertiary/aromatic N) is 2. The third-order valence-corrected chi connectivity index (χ3v) is 4.61. The Bertz CT molecular complexity index is 381. The van der Waals surface area contributed by atoms with Gasteiger partial charge < -0.3 is 15.1 Å². The normalized spacial score (nSPS) is 22.9. The van der Waals surface area contributed by atoms with Gasteiger partial charge in [-0.05, 0) is 5.41 Å². The van der Waals surface area contributed by atoms with Crippen molar-refractivity contribution in [2.45, 2.75) is 33.2 Å². The van der Waals surface area contributed by atoms with Gasteiger partial charge >= 0.3 is 0 Å². The molecular formula is C14H26ClN3O2S. The molecule has 2 rings (SSSR count). The summed E-state index contributed by atoms with van der Waals surface area (Å²) in [6.45, 7) is 9.37. The molecule has 1 N–H and O–H groups in total. The maximum absolute atomic E-state index is 12.6. The quantitative estimate of drug-likeness (QED) is 0.823. The molecule has 1 atom stereocenters. The fourth-order valence-corrected chi connectivity index (χ4v) is 3.72. The molecule has 0 spiro atoms. The van der Waals surface area contributed by atoms with E-state index in [1.54, 1.807) is 16.7 Å². The molecule has 2 aliphatic heterocycles. The number of rotatable bonds is 2. The van der Waals surface area contributed by atoms with E-state index >= 15 is 0 Å². The standard InChI is InChI=1S/C14H25N3O2S.ClH/c1-14(2,3)8-12(18)17-10-20-9-11(17)13(19)16-6-4-15-5-7-16;/h11,15H,4-10H2,1-3H3;1H. The van der Waals surface area contributed by atoms with Gasteiger partial charge in [0.05, 0.1) is 5.88 Å². The van der Waals surface area contributed by atoms with E-state index in [9.17, 15) is 9.59 Å². The molecule has 7 heteroatoms. The van der Waals surface area contributed by atoms with E-state index in [-0.39, 0.29) is 35.7 Å². The van der Waals surface area contributed by atoms with Crippen LogP contribution in [0.4, 0.5) is 0 Å². The molecule has 2 aliphatic rings. The number of hydrogen-bond donors (Lipinski definition) is 1. The highest BCUT2D eigenvalue weighted by molar-refractivity contribution is 7.99. The van der Waals surface area contributed by atoms with Crippen molar-refractivity contribution in [3.63, 3.8) is 0 Å². The minimum atomic E-state index is -0.257. The highest BCUT2D eigenvalue weighted by Gasteiger charge is 2.38. The van der Waals surface area contributed by atoms with Crippen LogP contribution in [-0.2, 0) is 9.59 Å². The van der Waals surface area contributed by atoms with Crippen LogP contribution < -0.4 is 5.32 Å². The molecule has 21 heavy (non-hydrogen) atoms. The average Bonchev–Trinajstić information content (AvgIpc) is 2.86. The second kappa shape index (κ2) is 7.70. The van der Waals surface area contributed by atoms with Crippen LogP contribution in [0.15, 0.2) is 0 Å². The molecule has 0 aromatic rings. The van der Waals surface area contributed by atoms with Gasteiger partial charge in [-0.1, -0.05) is 20.8 Å². The van der Waals surface area contributed by atoms with Crippen LogP contribution in [0.2, 0.25) is 0 Å². The Hall–Kier alpha value is -0.460. The molecule has 5 nitrogen and oxygen atoms in total. The molecule has 0 aliphatic carbocycles. The molecule has 122 valence electrons. The van der Waals surface area contributed by atoms with E-state index in [2.05, 4.69) is 26.1 Å². The SMILES string of the molecule is CC(C)(C)CC(=O)N1CSCC1C(=O)N1CCNCC1.Cl. The molecule has 0 bridgehead atoms. The molecular weight excluding hydrogens is 310 g/mol. The number of piperazine rings is 1. The Kier molecular flexibility index (Phi) is 6.81. The fourth-order valence-electron chi connectivity index (χ4n) is 2.54. The van der Waals surface area contributed by atoms with Gasteiger partial charge in [-0.15, -0.1) is 24.2 Å². The van der Waals surface area contributed by atoms with Gasteiger partial charge in [-0.25, -0.2) is 0 Å². The van der Waals surface area contributed by atoms with Crippen molar-refractivity contribution >= 4 is 36.0 Å². The van der Waals surface area contributed by atoms with Crippen molar-refractivity contribution in [1.82, 2.24) is 15.1 Å². The summed E-state index contributed by atoms with van der Waals surface area (Å²) in [5.74, 6) is 1.62. The number of amides is 2. The van der Waals surface area contributed by atoms with E-state index in [1.807, 2.05) is 4.90 Å². The minimum absolute atomic E-state index is 0. The summed E-state index contributed by atoms with van der Waals surface area (Å²) in [7, 11) is 0. The van der Waals surface area contributed by atoms with Crippen molar-refractivity contribution in [3.8, 4) is 0 Å². The van der Waals surface area contributed by atoms with Gasteiger partial charge in [-0.3, -0.25) is 9.59 Å².